The predicted molar refractivity (Wildman–Crippen MR) is 91.7 cm³/mol. The Labute approximate surface area is 147 Å². The minimum Gasteiger partial charge on any atom is -0.335 e. The lowest BCUT2D eigenvalue weighted by atomic mass is 10.2. The molecule has 0 spiro atoms. The standard InChI is InChI=1S/C17H17F2N3O2S/c18-12-3-4-13(19)14(10-12)20-16(23)11-21-5-7-22(8-6-21)17(24)15-2-1-9-25-15/h1-4,9-10H,5-8,11H2,(H,20,23). The Morgan fingerprint density at radius 2 is 1.88 bits per heavy atom. The van der Waals surface area contributed by atoms with E-state index in [1.165, 1.54) is 11.3 Å². The number of benzene rings is 1. The number of rotatable bonds is 4. The number of anilines is 1. The van der Waals surface area contributed by atoms with Crippen LogP contribution in [0.3, 0.4) is 0 Å². The summed E-state index contributed by atoms with van der Waals surface area (Å²) in [6.07, 6.45) is 0. The molecule has 8 heteroatoms. The van der Waals surface area contributed by atoms with Crippen LogP contribution in [0.15, 0.2) is 35.7 Å². The Hall–Kier alpha value is -2.32. The molecule has 3 rings (SSSR count). The molecular formula is C17H17F2N3O2S. The Morgan fingerprint density at radius 1 is 1.12 bits per heavy atom. The minimum atomic E-state index is -0.680. The summed E-state index contributed by atoms with van der Waals surface area (Å²) in [5, 5.41) is 4.24. The topological polar surface area (TPSA) is 52.7 Å². The molecule has 5 nitrogen and oxygen atoms in total. The molecule has 1 saturated heterocycles. The van der Waals surface area contributed by atoms with E-state index in [4.69, 9.17) is 0 Å². The first-order valence-corrected chi connectivity index (χ1v) is 8.71. The van der Waals surface area contributed by atoms with Crippen LogP contribution in [-0.4, -0.2) is 54.3 Å². The molecule has 2 aromatic rings. The summed E-state index contributed by atoms with van der Waals surface area (Å²) >= 11 is 1.40. The fourth-order valence-electron chi connectivity index (χ4n) is 2.65. The second kappa shape index (κ2) is 7.71. The van der Waals surface area contributed by atoms with Gasteiger partial charge < -0.3 is 10.2 Å². The van der Waals surface area contributed by atoms with Gasteiger partial charge in [0.15, 0.2) is 0 Å². The predicted octanol–water partition coefficient (Wildman–Crippen LogP) is 2.42. The number of hydrogen-bond donors (Lipinski definition) is 1. The van der Waals surface area contributed by atoms with E-state index in [1.54, 1.807) is 11.0 Å². The van der Waals surface area contributed by atoms with Crippen molar-refractivity contribution in [2.45, 2.75) is 0 Å². The third-order valence-electron chi connectivity index (χ3n) is 3.96. The van der Waals surface area contributed by atoms with Crippen molar-refractivity contribution in [2.75, 3.05) is 38.0 Å². The van der Waals surface area contributed by atoms with Gasteiger partial charge in [0, 0.05) is 32.2 Å². The largest absolute Gasteiger partial charge is 0.335 e. The summed E-state index contributed by atoms with van der Waals surface area (Å²) in [5.41, 5.74) is -0.170. The van der Waals surface area contributed by atoms with Crippen LogP contribution in [0, 0.1) is 11.6 Å². The van der Waals surface area contributed by atoms with Gasteiger partial charge in [-0.05, 0) is 23.6 Å². The Balaban J connectivity index is 1.49. The van der Waals surface area contributed by atoms with Crippen LogP contribution in [0.2, 0.25) is 0 Å². The van der Waals surface area contributed by atoms with Crippen LogP contribution in [0.4, 0.5) is 14.5 Å². The molecule has 25 heavy (non-hydrogen) atoms. The van der Waals surface area contributed by atoms with E-state index in [2.05, 4.69) is 5.32 Å². The van der Waals surface area contributed by atoms with Gasteiger partial charge in [-0.2, -0.15) is 0 Å². The highest BCUT2D eigenvalue weighted by Gasteiger charge is 2.24. The highest BCUT2D eigenvalue weighted by atomic mass is 32.1. The summed E-state index contributed by atoms with van der Waals surface area (Å²) in [4.78, 5) is 28.6. The number of hydrogen-bond acceptors (Lipinski definition) is 4. The number of amides is 2. The van der Waals surface area contributed by atoms with E-state index in [0.29, 0.717) is 31.1 Å². The third kappa shape index (κ3) is 4.40. The zero-order valence-corrected chi connectivity index (χ0v) is 14.2. The molecule has 1 aromatic heterocycles. The zero-order valence-electron chi connectivity index (χ0n) is 13.4. The maximum absolute atomic E-state index is 13.5. The number of nitrogens with zero attached hydrogens (tertiary/aromatic N) is 2. The molecule has 1 aromatic carbocycles. The van der Waals surface area contributed by atoms with Gasteiger partial charge in [-0.3, -0.25) is 14.5 Å². The molecule has 132 valence electrons. The van der Waals surface area contributed by atoms with Gasteiger partial charge in [0.1, 0.15) is 11.6 Å². The summed E-state index contributed by atoms with van der Waals surface area (Å²) in [6.45, 7) is 2.22. The van der Waals surface area contributed by atoms with Gasteiger partial charge in [0.25, 0.3) is 5.91 Å². The number of thiophene rings is 1. The lowest BCUT2D eigenvalue weighted by molar-refractivity contribution is -0.117. The monoisotopic (exact) mass is 365 g/mol. The highest BCUT2D eigenvalue weighted by Crippen LogP contribution is 2.16. The van der Waals surface area contributed by atoms with E-state index in [1.807, 2.05) is 16.3 Å². The first-order chi connectivity index (χ1) is 12.0. The number of carbonyl (C=O) groups is 2. The van der Waals surface area contributed by atoms with E-state index in [9.17, 15) is 18.4 Å². The number of piperazine rings is 1. The molecule has 1 aliphatic rings. The van der Waals surface area contributed by atoms with Gasteiger partial charge in [0.2, 0.25) is 5.91 Å². The molecule has 1 fully saturated rings. The second-order valence-electron chi connectivity index (χ2n) is 5.72. The van der Waals surface area contributed by atoms with Gasteiger partial charge in [-0.25, -0.2) is 8.78 Å². The molecule has 1 N–H and O–H groups in total. The van der Waals surface area contributed by atoms with Crippen LogP contribution in [-0.2, 0) is 4.79 Å². The van der Waals surface area contributed by atoms with Crippen molar-refractivity contribution in [3.05, 3.63) is 52.2 Å². The maximum Gasteiger partial charge on any atom is 0.264 e. The third-order valence-corrected chi connectivity index (χ3v) is 4.82. The molecule has 2 amide bonds. The lowest BCUT2D eigenvalue weighted by Crippen LogP contribution is -2.50. The first kappa shape index (κ1) is 17.5. The Bertz CT molecular complexity index is 759. The Kier molecular flexibility index (Phi) is 5.40. The molecule has 0 saturated carbocycles. The molecule has 0 bridgehead atoms. The van der Waals surface area contributed by atoms with Crippen molar-refractivity contribution in [1.29, 1.82) is 0 Å². The summed E-state index contributed by atoms with van der Waals surface area (Å²) in [7, 11) is 0. The van der Waals surface area contributed by atoms with Crippen molar-refractivity contribution in [3.63, 3.8) is 0 Å². The van der Waals surface area contributed by atoms with Crippen LogP contribution in [0.5, 0.6) is 0 Å². The first-order valence-electron chi connectivity index (χ1n) is 7.83. The SMILES string of the molecule is O=C(CN1CCN(C(=O)c2cccs2)CC1)Nc1cc(F)ccc1F. The van der Waals surface area contributed by atoms with E-state index in [0.717, 1.165) is 18.2 Å². The molecule has 2 heterocycles. The Morgan fingerprint density at radius 3 is 2.56 bits per heavy atom. The minimum absolute atomic E-state index is 0.000864. The smallest absolute Gasteiger partial charge is 0.264 e. The van der Waals surface area contributed by atoms with Crippen LogP contribution < -0.4 is 5.32 Å². The van der Waals surface area contributed by atoms with Crippen LogP contribution in [0.25, 0.3) is 0 Å². The average Bonchev–Trinajstić information content (AvgIpc) is 3.13. The fourth-order valence-corrected chi connectivity index (χ4v) is 3.34. The fraction of sp³-hybridized carbons (Fsp3) is 0.294. The summed E-state index contributed by atoms with van der Waals surface area (Å²) in [6, 6.07) is 6.55. The number of halogens is 2. The molecule has 0 unspecified atom stereocenters. The van der Waals surface area contributed by atoms with Gasteiger partial charge in [0.05, 0.1) is 17.1 Å². The quantitative estimate of drug-likeness (QED) is 0.905. The van der Waals surface area contributed by atoms with Crippen molar-refractivity contribution in [1.82, 2.24) is 9.80 Å². The van der Waals surface area contributed by atoms with Crippen molar-refractivity contribution < 1.29 is 18.4 Å². The average molecular weight is 365 g/mol. The van der Waals surface area contributed by atoms with Gasteiger partial charge in [-0.1, -0.05) is 6.07 Å². The van der Waals surface area contributed by atoms with Gasteiger partial charge in [-0.15, -0.1) is 11.3 Å². The second-order valence-corrected chi connectivity index (χ2v) is 6.67. The molecule has 1 aliphatic heterocycles. The van der Waals surface area contributed by atoms with Crippen LogP contribution in [0.1, 0.15) is 9.67 Å². The van der Waals surface area contributed by atoms with E-state index in [-0.39, 0.29) is 18.1 Å². The molecule has 0 aliphatic carbocycles. The van der Waals surface area contributed by atoms with Crippen molar-refractivity contribution in [2.24, 2.45) is 0 Å². The van der Waals surface area contributed by atoms with Crippen molar-refractivity contribution in [3.8, 4) is 0 Å². The van der Waals surface area contributed by atoms with E-state index < -0.39 is 17.5 Å². The molecule has 0 radical (unpaired) electrons. The summed E-state index contributed by atoms with van der Waals surface area (Å²) < 4.78 is 26.7. The number of nitrogens with one attached hydrogen (secondary N) is 1. The summed E-state index contributed by atoms with van der Waals surface area (Å²) in [5.74, 6) is -1.71. The molecular weight excluding hydrogens is 348 g/mol. The number of carbonyl (C=O) groups excluding carboxylic acids is 2. The van der Waals surface area contributed by atoms with E-state index >= 15 is 0 Å². The highest BCUT2D eigenvalue weighted by molar-refractivity contribution is 7.12. The molecule has 0 atom stereocenters. The zero-order chi connectivity index (χ0) is 17.8. The lowest BCUT2D eigenvalue weighted by Gasteiger charge is -2.34. The van der Waals surface area contributed by atoms with Crippen molar-refractivity contribution >= 4 is 28.8 Å². The maximum atomic E-state index is 13.5. The van der Waals surface area contributed by atoms with Crippen LogP contribution >= 0.6 is 11.3 Å². The normalized spacial score (nSPS) is 15.2. The van der Waals surface area contributed by atoms with Gasteiger partial charge >= 0.3 is 0 Å².